The predicted octanol–water partition coefficient (Wildman–Crippen LogP) is 3.16. The van der Waals surface area contributed by atoms with Crippen LogP contribution in [0.15, 0.2) is 18.2 Å². The number of hydrogen-bond acceptors (Lipinski definition) is 1. The van der Waals surface area contributed by atoms with Crippen LogP contribution in [0.5, 0.6) is 0 Å². The van der Waals surface area contributed by atoms with E-state index in [1.807, 2.05) is 0 Å². The van der Waals surface area contributed by atoms with Crippen molar-refractivity contribution in [2.75, 3.05) is 0 Å². The molecule has 1 rings (SSSR count). The van der Waals surface area contributed by atoms with Gasteiger partial charge in [0.1, 0.15) is 0 Å². The number of halogens is 3. The van der Waals surface area contributed by atoms with E-state index in [4.69, 9.17) is 11.6 Å². The highest BCUT2D eigenvalue weighted by Gasteiger charge is 2.20. The maximum absolute atomic E-state index is 13.1. The molecule has 0 aliphatic rings. The van der Waals surface area contributed by atoms with E-state index in [0.717, 1.165) is 6.07 Å². The lowest BCUT2D eigenvalue weighted by atomic mass is 10.1. The lowest BCUT2D eigenvalue weighted by molar-refractivity contribution is 0.0981. The summed E-state index contributed by atoms with van der Waals surface area (Å²) in [7, 11) is 0. The Morgan fingerprint density at radius 3 is 2.71 bits per heavy atom. The molecule has 0 aromatic heterocycles. The number of alkyl halides is 1. The lowest BCUT2D eigenvalue weighted by Crippen LogP contribution is -2.15. The first-order chi connectivity index (χ1) is 6.57. The zero-order chi connectivity index (χ0) is 10.7. The number of carbonyl (C=O) groups excluding carboxylic acids is 1. The summed E-state index contributed by atoms with van der Waals surface area (Å²) in [4.78, 5) is 11.4. The van der Waals surface area contributed by atoms with Crippen LogP contribution in [0.1, 0.15) is 23.7 Å². The van der Waals surface area contributed by atoms with Gasteiger partial charge in [-0.1, -0.05) is 13.0 Å². The van der Waals surface area contributed by atoms with E-state index in [-0.39, 0.29) is 5.56 Å². The molecule has 0 bridgehead atoms. The number of Topliss-reactive ketones (excluding diaryl/α,β-unsaturated/α-hetero) is 1. The summed E-state index contributed by atoms with van der Waals surface area (Å²) in [5.41, 5.74) is -0.285. The normalized spacial score (nSPS) is 12.6. The molecule has 76 valence electrons. The third-order valence-electron chi connectivity index (χ3n) is 1.86. The van der Waals surface area contributed by atoms with Gasteiger partial charge in [-0.25, -0.2) is 8.78 Å². The predicted molar refractivity (Wildman–Crippen MR) is 50.6 cm³/mol. The largest absolute Gasteiger partial charge is 0.292 e. The van der Waals surface area contributed by atoms with E-state index in [1.54, 1.807) is 6.92 Å². The Balaban J connectivity index is 3.07. The number of benzene rings is 1. The van der Waals surface area contributed by atoms with Crippen LogP contribution in [-0.2, 0) is 0 Å². The summed E-state index contributed by atoms with van der Waals surface area (Å²) < 4.78 is 25.8. The van der Waals surface area contributed by atoms with Crippen molar-refractivity contribution in [2.45, 2.75) is 18.7 Å². The van der Waals surface area contributed by atoms with Crippen molar-refractivity contribution in [3.05, 3.63) is 35.4 Å². The first kappa shape index (κ1) is 11.1. The average molecular weight is 219 g/mol. The number of carbonyl (C=O) groups is 1. The third kappa shape index (κ3) is 2.10. The van der Waals surface area contributed by atoms with Crippen LogP contribution in [-0.4, -0.2) is 11.2 Å². The van der Waals surface area contributed by atoms with Gasteiger partial charge in [0.05, 0.1) is 10.9 Å². The highest BCUT2D eigenvalue weighted by Crippen LogP contribution is 2.16. The minimum atomic E-state index is -1.13. The second-order valence-electron chi connectivity index (χ2n) is 2.84. The highest BCUT2D eigenvalue weighted by atomic mass is 35.5. The zero-order valence-corrected chi connectivity index (χ0v) is 8.31. The summed E-state index contributed by atoms with van der Waals surface area (Å²) in [6, 6.07) is 3.47. The zero-order valence-electron chi connectivity index (χ0n) is 7.56. The molecule has 0 aliphatic carbocycles. The van der Waals surface area contributed by atoms with E-state index < -0.39 is 22.8 Å². The summed E-state index contributed by atoms with van der Waals surface area (Å²) in [5, 5.41) is -0.800. The molecule has 1 unspecified atom stereocenters. The van der Waals surface area contributed by atoms with E-state index in [2.05, 4.69) is 0 Å². The highest BCUT2D eigenvalue weighted by molar-refractivity contribution is 6.33. The van der Waals surface area contributed by atoms with Crippen LogP contribution in [0.4, 0.5) is 8.78 Å². The Kier molecular flexibility index (Phi) is 3.58. The first-order valence-corrected chi connectivity index (χ1v) is 4.63. The molecule has 1 nitrogen and oxygen atoms in total. The average Bonchev–Trinajstić information content (AvgIpc) is 2.20. The van der Waals surface area contributed by atoms with Crippen molar-refractivity contribution in [2.24, 2.45) is 0 Å². The minimum Gasteiger partial charge on any atom is -0.292 e. The minimum absolute atomic E-state index is 0.285. The molecule has 0 saturated carbocycles. The van der Waals surface area contributed by atoms with Gasteiger partial charge in [-0.15, -0.1) is 11.6 Å². The van der Waals surface area contributed by atoms with Crippen LogP contribution in [0.2, 0.25) is 0 Å². The Morgan fingerprint density at radius 2 is 2.14 bits per heavy atom. The van der Waals surface area contributed by atoms with Crippen LogP contribution < -0.4 is 0 Å². The SMILES string of the molecule is CCC(Cl)C(=O)c1cccc(F)c1F. The second kappa shape index (κ2) is 4.51. The Morgan fingerprint density at radius 1 is 1.50 bits per heavy atom. The van der Waals surface area contributed by atoms with Gasteiger partial charge in [-0.05, 0) is 18.6 Å². The fraction of sp³-hybridized carbons (Fsp3) is 0.300. The topological polar surface area (TPSA) is 17.1 Å². The quantitative estimate of drug-likeness (QED) is 0.563. The van der Waals surface area contributed by atoms with Crippen LogP contribution in [0.25, 0.3) is 0 Å². The van der Waals surface area contributed by atoms with Crippen molar-refractivity contribution >= 4 is 17.4 Å². The van der Waals surface area contributed by atoms with Gasteiger partial charge < -0.3 is 0 Å². The van der Waals surface area contributed by atoms with Crippen molar-refractivity contribution in [3.8, 4) is 0 Å². The molecule has 0 fully saturated rings. The standard InChI is InChI=1S/C10H9ClF2O/c1-2-7(11)10(14)6-4-3-5-8(12)9(6)13/h3-5,7H,2H2,1H3. The van der Waals surface area contributed by atoms with Crippen LogP contribution >= 0.6 is 11.6 Å². The molecule has 0 aliphatic heterocycles. The van der Waals surface area contributed by atoms with E-state index in [0.29, 0.717) is 6.42 Å². The molecule has 1 aromatic rings. The molecule has 4 heteroatoms. The molecule has 0 N–H and O–H groups in total. The number of hydrogen-bond donors (Lipinski definition) is 0. The molecular formula is C10H9ClF2O. The van der Waals surface area contributed by atoms with E-state index in [1.165, 1.54) is 12.1 Å². The Bertz CT molecular complexity index is 352. The fourth-order valence-electron chi connectivity index (χ4n) is 1.05. The van der Waals surface area contributed by atoms with Crippen molar-refractivity contribution in [1.82, 2.24) is 0 Å². The first-order valence-electron chi connectivity index (χ1n) is 4.20. The van der Waals surface area contributed by atoms with Crippen molar-refractivity contribution in [3.63, 3.8) is 0 Å². The molecular weight excluding hydrogens is 210 g/mol. The van der Waals surface area contributed by atoms with Gasteiger partial charge in [0.15, 0.2) is 17.4 Å². The van der Waals surface area contributed by atoms with Gasteiger partial charge in [0.2, 0.25) is 0 Å². The van der Waals surface area contributed by atoms with Crippen LogP contribution in [0, 0.1) is 11.6 Å². The van der Waals surface area contributed by atoms with Crippen LogP contribution in [0.3, 0.4) is 0 Å². The molecule has 0 spiro atoms. The molecule has 0 radical (unpaired) electrons. The molecule has 0 saturated heterocycles. The summed E-state index contributed by atoms with van der Waals surface area (Å²) in [6.07, 6.45) is 0.385. The number of ketones is 1. The third-order valence-corrected chi connectivity index (χ3v) is 2.37. The molecule has 0 amide bonds. The maximum atomic E-state index is 13.1. The van der Waals surface area contributed by atoms with Gasteiger partial charge >= 0.3 is 0 Å². The fourth-order valence-corrected chi connectivity index (χ4v) is 1.17. The van der Waals surface area contributed by atoms with Gasteiger partial charge in [0.25, 0.3) is 0 Å². The van der Waals surface area contributed by atoms with Crippen molar-refractivity contribution in [1.29, 1.82) is 0 Å². The summed E-state index contributed by atoms with van der Waals surface area (Å²) >= 11 is 5.64. The maximum Gasteiger partial charge on any atom is 0.183 e. The summed E-state index contributed by atoms with van der Waals surface area (Å²) in [6.45, 7) is 1.70. The Hall–Kier alpha value is -0.960. The molecule has 1 atom stereocenters. The van der Waals surface area contributed by atoms with Gasteiger partial charge in [-0.2, -0.15) is 0 Å². The van der Waals surface area contributed by atoms with Gasteiger partial charge in [-0.3, -0.25) is 4.79 Å². The van der Waals surface area contributed by atoms with Gasteiger partial charge in [0, 0.05) is 0 Å². The van der Waals surface area contributed by atoms with E-state index >= 15 is 0 Å². The number of rotatable bonds is 3. The molecule has 1 aromatic carbocycles. The Labute approximate surface area is 85.7 Å². The van der Waals surface area contributed by atoms with Crippen molar-refractivity contribution < 1.29 is 13.6 Å². The summed E-state index contributed by atoms with van der Waals surface area (Å²) in [5.74, 6) is -2.74. The second-order valence-corrected chi connectivity index (χ2v) is 3.37. The van der Waals surface area contributed by atoms with E-state index in [9.17, 15) is 13.6 Å². The lowest BCUT2D eigenvalue weighted by Gasteiger charge is -2.06. The molecule has 0 heterocycles. The monoisotopic (exact) mass is 218 g/mol. The molecule has 14 heavy (non-hydrogen) atoms. The smallest absolute Gasteiger partial charge is 0.183 e.